The van der Waals surface area contributed by atoms with Gasteiger partial charge in [0.15, 0.2) is 0 Å². The number of thiazole rings is 1. The first-order chi connectivity index (χ1) is 19.5. The summed E-state index contributed by atoms with van der Waals surface area (Å²) in [6, 6.07) is 31.8. The first-order valence-corrected chi connectivity index (χ1v) is 14.0. The zero-order valence-electron chi connectivity index (χ0n) is 21.8. The maximum atomic E-state index is 12.7. The molecular formula is C32H31N3O4S. The fourth-order valence-electron chi connectivity index (χ4n) is 4.88. The van der Waals surface area contributed by atoms with Crippen molar-refractivity contribution in [2.24, 2.45) is 0 Å². The van der Waals surface area contributed by atoms with E-state index >= 15 is 0 Å². The van der Waals surface area contributed by atoms with Gasteiger partial charge >= 0.3 is 4.87 Å². The molecule has 0 aliphatic heterocycles. The van der Waals surface area contributed by atoms with E-state index in [4.69, 9.17) is 0 Å². The molecule has 4 aromatic carbocycles. The average molecular weight is 554 g/mol. The van der Waals surface area contributed by atoms with Crippen LogP contribution in [0.2, 0.25) is 0 Å². The van der Waals surface area contributed by atoms with E-state index in [0.717, 1.165) is 29.0 Å². The Morgan fingerprint density at radius 1 is 0.850 bits per heavy atom. The molecule has 1 atom stereocenters. The number of rotatable bonds is 11. The summed E-state index contributed by atoms with van der Waals surface area (Å²) < 4.78 is 0.480. The molecule has 204 valence electrons. The highest BCUT2D eigenvalue weighted by atomic mass is 32.1. The Kier molecular flexibility index (Phi) is 8.71. The SMILES string of the molecule is O=C(Cc1cccc(CNCC(c2ccccc2)c2ccccc2)c1)NCC(O)c1ccc(O)c2[nH]c(=O)sc12. The summed E-state index contributed by atoms with van der Waals surface area (Å²) in [5, 5.41) is 27.0. The highest BCUT2D eigenvalue weighted by Gasteiger charge is 2.17. The number of hydrogen-bond donors (Lipinski definition) is 5. The second-order valence-corrected chi connectivity index (χ2v) is 10.7. The van der Waals surface area contributed by atoms with Gasteiger partial charge in [-0.25, -0.2) is 0 Å². The molecule has 0 radical (unpaired) electrons. The van der Waals surface area contributed by atoms with Gasteiger partial charge in [0.1, 0.15) is 11.3 Å². The summed E-state index contributed by atoms with van der Waals surface area (Å²) in [4.78, 5) is 26.7. The molecule has 0 bridgehead atoms. The summed E-state index contributed by atoms with van der Waals surface area (Å²) in [5.74, 6) is -0.0436. The first kappa shape index (κ1) is 27.3. The normalized spacial score (nSPS) is 12.1. The minimum Gasteiger partial charge on any atom is -0.506 e. The minimum atomic E-state index is -1.02. The van der Waals surface area contributed by atoms with Crippen LogP contribution in [0.1, 0.15) is 39.8 Å². The Bertz CT molecular complexity index is 1590. The predicted octanol–water partition coefficient (Wildman–Crippen LogP) is 4.61. The number of carbonyl (C=O) groups is 1. The zero-order chi connectivity index (χ0) is 27.9. The Hall–Kier alpha value is -4.24. The summed E-state index contributed by atoms with van der Waals surface area (Å²) in [6.45, 7) is 1.43. The number of fused-ring (bicyclic) bond motifs is 1. The summed E-state index contributed by atoms with van der Waals surface area (Å²) in [7, 11) is 0. The molecule has 0 aliphatic rings. The van der Waals surface area contributed by atoms with Gasteiger partial charge in [-0.05, 0) is 28.3 Å². The smallest absolute Gasteiger partial charge is 0.305 e. The van der Waals surface area contributed by atoms with Crippen molar-refractivity contribution in [1.82, 2.24) is 15.6 Å². The first-order valence-electron chi connectivity index (χ1n) is 13.2. The Morgan fingerprint density at radius 2 is 1.52 bits per heavy atom. The van der Waals surface area contributed by atoms with Crippen LogP contribution >= 0.6 is 11.3 Å². The molecule has 5 aromatic rings. The number of hydrogen-bond acceptors (Lipinski definition) is 6. The number of nitrogens with one attached hydrogen (secondary N) is 3. The van der Waals surface area contributed by atoms with Gasteiger partial charge in [-0.3, -0.25) is 9.59 Å². The number of carbonyl (C=O) groups excluding carboxylic acids is 1. The third-order valence-electron chi connectivity index (χ3n) is 6.88. The van der Waals surface area contributed by atoms with Gasteiger partial charge in [0.05, 0.1) is 17.2 Å². The highest BCUT2D eigenvalue weighted by Crippen LogP contribution is 2.31. The van der Waals surface area contributed by atoms with Crippen molar-refractivity contribution in [1.29, 1.82) is 0 Å². The van der Waals surface area contributed by atoms with Crippen LogP contribution in [0.25, 0.3) is 10.2 Å². The van der Waals surface area contributed by atoms with Crippen LogP contribution in [0.15, 0.2) is 102 Å². The molecule has 1 amide bonds. The largest absolute Gasteiger partial charge is 0.506 e. The molecule has 40 heavy (non-hydrogen) atoms. The van der Waals surface area contributed by atoms with Crippen LogP contribution in [0.3, 0.4) is 0 Å². The lowest BCUT2D eigenvalue weighted by Gasteiger charge is -2.19. The molecule has 5 rings (SSSR count). The number of aromatic nitrogens is 1. The van der Waals surface area contributed by atoms with E-state index in [-0.39, 0.29) is 35.4 Å². The minimum absolute atomic E-state index is 0.00753. The topological polar surface area (TPSA) is 114 Å². The van der Waals surface area contributed by atoms with Crippen molar-refractivity contribution in [2.45, 2.75) is 25.0 Å². The number of aromatic amines is 1. The molecule has 0 spiro atoms. The van der Waals surface area contributed by atoms with Gasteiger partial charge in [0.2, 0.25) is 5.91 Å². The Labute approximate surface area is 236 Å². The van der Waals surface area contributed by atoms with Crippen LogP contribution in [-0.2, 0) is 17.8 Å². The second kappa shape index (κ2) is 12.7. The van der Waals surface area contributed by atoms with Gasteiger partial charge in [0, 0.05) is 31.1 Å². The molecule has 0 fully saturated rings. The standard InChI is InChI=1S/C32H31N3O4S/c36-27-15-14-25(31-30(27)35-32(39)40-31)28(37)20-34-29(38)17-21-8-7-9-22(16-21)18-33-19-26(23-10-3-1-4-11-23)24-12-5-2-6-13-24/h1-16,26,28,33,36-37H,17-20H2,(H,34,38)(H,35,39). The molecule has 0 saturated heterocycles. The van der Waals surface area contributed by atoms with Crippen LogP contribution in [0.4, 0.5) is 0 Å². The van der Waals surface area contributed by atoms with Crippen LogP contribution < -0.4 is 15.5 Å². The Morgan fingerprint density at radius 3 is 2.23 bits per heavy atom. The predicted molar refractivity (Wildman–Crippen MR) is 159 cm³/mol. The van der Waals surface area contributed by atoms with Gasteiger partial charge < -0.3 is 25.8 Å². The Balaban J connectivity index is 1.16. The third-order valence-corrected chi connectivity index (χ3v) is 7.81. The van der Waals surface area contributed by atoms with Crippen LogP contribution in [-0.4, -0.2) is 34.2 Å². The van der Waals surface area contributed by atoms with Crippen molar-refractivity contribution < 1.29 is 15.0 Å². The summed E-state index contributed by atoms with van der Waals surface area (Å²) in [6.07, 6.45) is -0.837. The number of H-pyrrole nitrogens is 1. The molecule has 0 saturated carbocycles. The second-order valence-electron chi connectivity index (χ2n) is 9.71. The molecule has 0 aliphatic carbocycles. The van der Waals surface area contributed by atoms with E-state index in [1.165, 1.54) is 17.2 Å². The van der Waals surface area contributed by atoms with E-state index < -0.39 is 6.10 Å². The van der Waals surface area contributed by atoms with Crippen LogP contribution in [0.5, 0.6) is 5.75 Å². The van der Waals surface area contributed by atoms with Crippen molar-refractivity contribution in [2.75, 3.05) is 13.1 Å². The lowest BCUT2D eigenvalue weighted by Crippen LogP contribution is -2.29. The quantitative estimate of drug-likeness (QED) is 0.164. The van der Waals surface area contributed by atoms with Crippen molar-refractivity contribution in [3.63, 3.8) is 0 Å². The van der Waals surface area contributed by atoms with Crippen molar-refractivity contribution in [3.05, 3.63) is 135 Å². The number of amides is 1. The van der Waals surface area contributed by atoms with Gasteiger partial charge in [-0.15, -0.1) is 0 Å². The number of phenols is 1. The maximum absolute atomic E-state index is 12.7. The number of aromatic hydroxyl groups is 1. The van der Waals surface area contributed by atoms with E-state index in [1.54, 1.807) is 6.07 Å². The van der Waals surface area contributed by atoms with E-state index in [2.05, 4.69) is 64.1 Å². The summed E-state index contributed by atoms with van der Waals surface area (Å²) in [5.41, 5.74) is 5.25. The molecule has 8 heteroatoms. The lowest BCUT2D eigenvalue weighted by atomic mass is 9.91. The maximum Gasteiger partial charge on any atom is 0.305 e. The molecule has 7 nitrogen and oxygen atoms in total. The number of aliphatic hydroxyl groups excluding tert-OH is 1. The van der Waals surface area contributed by atoms with Gasteiger partial charge in [-0.2, -0.15) is 0 Å². The summed E-state index contributed by atoms with van der Waals surface area (Å²) >= 11 is 0.915. The molecule has 1 heterocycles. The molecular weight excluding hydrogens is 522 g/mol. The highest BCUT2D eigenvalue weighted by molar-refractivity contribution is 7.16. The fourth-order valence-corrected chi connectivity index (χ4v) is 5.80. The van der Waals surface area contributed by atoms with Crippen molar-refractivity contribution in [3.8, 4) is 5.75 Å². The van der Waals surface area contributed by atoms with Gasteiger partial charge in [-0.1, -0.05) is 102 Å². The molecule has 1 unspecified atom stereocenters. The number of phenolic OH excluding ortho intramolecular Hbond substituents is 1. The number of aliphatic hydroxyl groups is 1. The lowest BCUT2D eigenvalue weighted by molar-refractivity contribution is -0.120. The van der Waals surface area contributed by atoms with E-state index in [0.29, 0.717) is 22.3 Å². The van der Waals surface area contributed by atoms with Crippen LogP contribution in [0, 0.1) is 0 Å². The van der Waals surface area contributed by atoms with E-state index in [9.17, 15) is 19.8 Å². The monoisotopic (exact) mass is 553 g/mol. The van der Waals surface area contributed by atoms with Gasteiger partial charge in [0.25, 0.3) is 0 Å². The average Bonchev–Trinajstić information content (AvgIpc) is 3.37. The van der Waals surface area contributed by atoms with Crippen molar-refractivity contribution >= 4 is 27.5 Å². The molecule has 5 N–H and O–H groups in total. The fraction of sp³-hybridized carbons (Fsp3) is 0.188. The zero-order valence-corrected chi connectivity index (χ0v) is 22.7. The number of benzene rings is 4. The molecule has 1 aromatic heterocycles. The van der Waals surface area contributed by atoms with E-state index in [1.807, 2.05) is 36.4 Å². The third kappa shape index (κ3) is 6.66.